The third kappa shape index (κ3) is 3.64. The zero-order valence-corrected chi connectivity index (χ0v) is 15.8. The van der Waals surface area contributed by atoms with Crippen molar-refractivity contribution in [3.8, 4) is 0 Å². The maximum atomic E-state index is 13.3. The largest absolute Gasteiger partial charge is 0.377 e. The van der Waals surface area contributed by atoms with Crippen LogP contribution in [0.3, 0.4) is 0 Å². The summed E-state index contributed by atoms with van der Waals surface area (Å²) in [6, 6.07) is 12.7. The van der Waals surface area contributed by atoms with Crippen molar-refractivity contribution in [1.82, 2.24) is 9.80 Å². The number of hydrogen-bond acceptors (Lipinski definition) is 3. The van der Waals surface area contributed by atoms with Crippen LogP contribution in [0.4, 0.5) is 5.69 Å². The van der Waals surface area contributed by atoms with Crippen molar-refractivity contribution in [2.75, 3.05) is 46.2 Å². The first-order valence-electron chi connectivity index (χ1n) is 9.14. The maximum absolute atomic E-state index is 13.3. The Labute approximate surface area is 151 Å². The third-order valence-corrected chi connectivity index (χ3v) is 5.28. The van der Waals surface area contributed by atoms with E-state index in [9.17, 15) is 4.79 Å². The average Bonchev–Trinajstić information content (AvgIpc) is 2.86. The van der Waals surface area contributed by atoms with Crippen LogP contribution in [-0.2, 0) is 0 Å². The first-order valence-corrected chi connectivity index (χ1v) is 9.14. The molecule has 0 aromatic heterocycles. The summed E-state index contributed by atoms with van der Waals surface area (Å²) in [7, 11) is 8.30. The molecule has 1 heterocycles. The summed E-state index contributed by atoms with van der Waals surface area (Å²) >= 11 is 0. The molecule has 1 saturated heterocycles. The number of amides is 1. The molecule has 0 radical (unpaired) electrons. The van der Waals surface area contributed by atoms with Gasteiger partial charge >= 0.3 is 0 Å². The van der Waals surface area contributed by atoms with E-state index in [1.165, 1.54) is 6.42 Å². The van der Waals surface area contributed by atoms with Gasteiger partial charge in [0.1, 0.15) is 0 Å². The molecule has 1 aliphatic rings. The van der Waals surface area contributed by atoms with Gasteiger partial charge in [0.2, 0.25) is 0 Å². The molecule has 0 bridgehead atoms. The number of anilines is 1. The van der Waals surface area contributed by atoms with Gasteiger partial charge in [-0.25, -0.2) is 0 Å². The lowest BCUT2D eigenvalue weighted by Crippen LogP contribution is -2.42. The first-order chi connectivity index (χ1) is 12.0. The predicted molar refractivity (Wildman–Crippen MR) is 106 cm³/mol. The van der Waals surface area contributed by atoms with E-state index < -0.39 is 0 Å². The molecule has 25 heavy (non-hydrogen) atoms. The van der Waals surface area contributed by atoms with Gasteiger partial charge in [0.25, 0.3) is 5.91 Å². The van der Waals surface area contributed by atoms with Gasteiger partial charge in [-0.2, -0.15) is 0 Å². The third-order valence-electron chi connectivity index (χ3n) is 5.28. The van der Waals surface area contributed by atoms with Gasteiger partial charge < -0.3 is 14.7 Å². The average molecular weight is 339 g/mol. The molecule has 134 valence electrons. The van der Waals surface area contributed by atoms with Crippen LogP contribution in [0.15, 0.2) is 36.4 Å². The summed E-state index contributed by atoms with van der Waals surface area (Å²) in [6.07, 6.45) is 3.44. The smallest absolute Gasteiger partial charge is 0.254 e. The summed E-state index contributed by atoms with van der Waals surface area (Å²) in [5, 5.41) is 2.18. The molecule has 1 fully saturated rings. The number of likely N-dealkylation sites (tertiary alicyclic amines) is 1. The van der Waals surface area contributed by atoms with Crippen molar-refractivity contribution in [3.05, 3.63) is 42.0 Å². The SMILES string of the molecule is CN(C)c1ccc(C(=O)N2CCCCC(N(C)C)C2)c2ccccc12. The van der Waals surface area contributed by atoms with E-state index in [0.29, 0.717) is 6.04 Å². The van der Waals surface area contributed by atoms with Gasteiger partial charge in [-0.1, -0.05) is 30.7 Å². The van der Waals surface area contributed by atoms with Gasteiger partial charge in [0.15, 0.2) is 0 Å². The normalized spacial score (nSPS) is 18.4. The van der Waals surface area contributed by atoms with Crippen molar-refractivity contribution in [2.45, 2.75) is 25.3 Å². The van der Waals surface area contributed by atoms with E-state index >= 15 is 0 Å². The Bertz CT molecular complexity index is 754. The maximum Gasteiger partial charge on any atom is 0.254 e. The minimum Gasteiger partial charge on any atom is -0.377 e. The molecule has 4 nitrogen and oxygen atoms in total. The Hall–Kier alpha value is -2.07. The molecular weight excluding hydrogens is 310 g/mol. The molecular formula is C21H29N3O. The number of fused-ring (bicyclic) bond motifs is 1. The second kappa shape index (κ2) is 7.44. The number of likely N-dealkylation sites (N-methyl/N-ethyl adjacent to an activating group) is 1. The molecule has 0 N–H and O–H groups in total. The summed E-state index contributed by atoms with van der Waals surface area (Å²) in [6.45, 7) is 1.67. The number of rotatable bonds is 3. The van der Waals surface area contributed by atoms with Crippen molar-refractivity contribution in [1.29, 1.82) is 0 Å². The second-order valence-electron chi connectivity index (χ2n) is 7.44. The Morgan fingerprint density at radius 2 is 1.72 bits per heavy atom. The fraction of sp³-hybridized carbons (Fsp3) is 0.476. The molecule has 1 amide bonds. The van der Waals surface area contributed by atoms with Crippen molar-refractivity contribution in [2.24, 2.45) is 0 Å². The molecule has 4 heteroatoms. The van der Waals surface area contributed by atoms with Gasteiger partial charge in [0, 0.05) is 49.9 Å². The van der Waals surface area contributed by atoms with Crippen molar-refractivity contribution >= 4 is 22.4 Å². The predicted octanol–water partition coefficient (Wildman–Crippen LogP) is 3.46. The number of carbonyl (C=O) groups excluding carboxylic acids is 1. The summed E-state index contributed by atoms with van der Waals surface area (Å²) in [5.74, 6) is 0.162. The number of carbonyl (C=O) groups is 1. The number of nitrogens with zero attached hydrogens (tertiary/aromatic N) is 3. The van der Waals surface area contributed by atoms with Gasteiger partial charge in [-0.3, -0.25) is 4.79 Å². The minimum absolute atomic E-state index is 0.162. The molecule has 0 saturated carbocycles. The second-order valence-corrected chi connectivity index (χ2v) is 7.44. The van der Waals surface area contributed by atoms with Crippen molar-refractivity contribution in [3.63, 3.8) is 0 Å². The lowest BCUT2D eigenvalue weighted by atomic mass is 10.0. The summed E-state index contributed by atoms with van der Waals surface area (Å²) < 4.78 is 0. The lowest BCUT2D eigenvalue weighted by Gasteiger charge is -2.29. The highest BCUT2D eigenvalue weighted by Crippen LogP contribution is 2.29. The van der Waals surface area contributed by atoms with E-state index in [-0.39, 0.29) is 5.91 Å². The molecule has 0 aliphatic carbocycles. The number of benzene rings is 2. The summed E-state index contributed by atoms with van der Waals surface area (Å²) in [4.78, 5) is 19.7. The zero-order valence-electron chi connectivity index (χ0n) is 15.8. The Balaban J connectivity index is 1.98. The van der Waals surface area contributed by atoms with Crippen LogP contribution in [0.1, 0.15) is 29.6 Å². The fourth-order valence-electron chi connectivity index (χ4n) is 3.76. The van der Waals surface area contributed by atoms with Crippen LogP contribution in [0, 0.1) is 0 Å². The summed E-state index contributed by atoms with van der Waals surface area (Å²) in [5.41, 5.74) is 1.97. The topological polar surface area (TPSA) is 26.8 Å². The van der Waals surface area contributed by atoms with E-state index in [2.05, 4.69) is 47.0 Å². The van der Waals surface area contributed by atoms with Crippen LogP contribution in [-0.4, -0.2) is 63.0 Å². The molecule has 3 rings (SSSR count). The fourth-order valence-corrected chi connectivity index (χ4v) is 3.76. The zero-order chi connectivity index (χ0) is 18.0. The van der Waals surface area contributed by atoms with E-state index in [1.807, 2.05) is 32.3 Å². The Morgan fingerprint density at radius 3 is 2.40 bits per heavy atom. The monoisotopic (exact) mass is 339 g/mol. The quantitative estimate of drug-likeness (QED) is 0.857. The Kier molecular flexibility index (Phi) is 5.28. The minimum atomic E-state index is 0.162. The van der Waals surface area contributed by atoms with Crippen LogP contribution < -0.4 is 4.90 Å². The molecule has 1 aliphatic heterocycles. The molecule has 0 spiro atoms. The highest BCUT2D eigenvalue weighted by molar-refractivity contribution is 6.10. The molecule has 2 aromatic carbocycles. The Morgan fingerprint density at radius 1 is 1.00 bits per heavy atom. The van der Waals surface area contributed by atoms with Crippen LogP contribution in [0.25, 0.3) is 10.8 Å². The van der Waals surface area contributed by atoms with Crippen molar-refractivity contribution < 1.29 is 4.79 Å². The molecule has 2 aromatic rings. The van der Waals surface area contributed by atoms with Crippen LogP contribution in [0.5, 0.6) is 0 Å². The van der Waals surface area contributed by atoms with E-state index in [1.54, 1.807) is 0 Å². The standard InChI is InChI=1S/C21H29N3O/c1-22(2)16-9-7-8-14-24(15-16)21(25)19-12-13-20(23(3)4)18-11-6-5-10-17(18)19/h5-6,10-13,16H,7-9,14-15H2,1-4H3. The van der Waals surface area contributed by atoms with Crippen LogP contribution in [0.2, 0.25) is 0 Å². The van der Waals surface area contributed by atoms with Gasteiger partial charge in [-0.15, -0.1) is 0 Å². The first kappa shape index (κ1) is 17.7. The van der Waals surface area contributed by atoms with E-state index in [4.69, 9.17) is 0 Å². The van der Waals surface area contributed by atoms with Gasteiger partial charge in [-0.05, 0) is 44.5 Å². The van der Waals surface area contributed by atoms with E-state index in [0.717, 1.165) is 48.0 Å². The van der Waals surface area contributed by atoms with Crippen LogP contribution >= 0.6 is 0 Å². The molecule has 1 unspecified atom stereocenters. The molecule has 1 atom stereocenters. The van der Waals surface area contributed by atoms with Gasteiger partial charge in [0.05, 0.1) is 0 Å². The number of hydrogen-bond donors (Lipinski definition) is 0. The lowest BCUT2D eigenvalue weighted by molar-refractivity contribution is 0.0727. The highest BCUT2D eigenvalue weighted by Gasteiger charge is 2.25. The highest BCUT2D eigenvalue weighted by atomic mass is 16.2.